The van der Waals surface area contributed by atoms with Gasteiger partial charge in [0, 0.05) is 12.6 Å². The van der Waals surface area contributed by atoms with Gasteiger partial charge in [-0.2, -0.15) is 0 Å². The van der Waals surface area contributed by atoms with Gasteiger partial charge in [0.1, 0.15) is 5.88 Å². The van der Waals surface area contributed by atoms with Gasteiger partial charge in [0.15, 0.2) is 5.78 Å². The van der Waals surface area contributed by atoms with E-state index in [4.69, 9.17) is 5.73 Å². The van der Waals surface area contributed by atoms with Crippen LogP contribution in [0.4, 0.5) is 4.79 Å². The van der Waals surface area contributed by atoms with E-state index in [2.05, 4.69) is 6.92 Å². The van der Waals surface area contributed by atoms with Gasteiger partial charge < -0.3 is 5.73 Å². The van der Waals surface area contributed by atoms with Crippen molar-refractivity contribution in [3.8, 4) is 0 Å². The van der Waals surface area contributed by atoms with Gasteiger partial charge in [-0.15, -0.1) is 0 Å². The number of hydrogen-bond donors (Lipinski definition) is 1. The summed E-state index contributed by atoms with van der Waals surface area (Å²) >= 11 is 1.26. The van der Waals surface area contributed by atoms with E-state index in [1.165, 1.54) is 22.9 Å². The molecule has 0 bridgehead atoms. The Balaban J connectivity index is 2.41. The second-order valence-electron chi connectivity index (χ2n) is 3.34. The largest absolute Gasteiger partial charge is 0.351 e. The molecule has 0 aromatic heterocycles. The van der Waals surface area contributed by atoms with Crippen molar-refractivity contribution in [1.29, 1.82) is 0 Å². The molecule has 0 spiro atoms. The Bertz CT molecular complexity index is 289. The summed E-state index contributed by atoms with van der Waals surface area (Å²) in [5, 5.41) is 0. The molecule has 2 amide bonds. The number of hydrogen-bond acceptors (Lipinski definition) is 3. The molecule has 1 heterocycles. The molecule has 1 aliphatic heterocycles. The van der Waals surface area contributed by atoms with Crippen LogP contribution in [0.3, 0.4) is 0 Å². The van der Waals surface area contributed by atoms with E-state index >= 15 is 0 Å². The Morgan fingerprint density at radius 3 is 2.73 bits per heavy atom. The van der Waals surface area contributed by atoms with Gasteiger partial charge in [0.25, 0.3) is 0 Å². The van der Waals surface area contributed by atoms with Crippen molar-refractivity contribution >= 4 is 23.6 Å². The van der Waals surface area contributed by atoms with Crippen LogP contribution in [0.15, 0.2) is 11.1 Å². The lowest BCUT2D eigenvalue weighted by Gasteiger charge is -2.04. The van der Waals surface area contributed by atoms with Crippen LogP contribution in [0.5, 0.6) is 0 Å². The van der Waals surface area contributed by atoms with Crippen molar-refractivity contribution in [2.24, 2.45) is 5.73 Å². The summed E-state index contributed by atoms with van der Waals surface area (Å²) in [6.07, 6.45) is 5.12. The quantitative estimate of drug-likeness (QED) is 0.732. The normalized spacial score (nSPS) is 15.3. The highest BCUT2D eigenvalue weighted by atomic mass is 32.2. The number of rotatable bonds is 5. The van der Waals surface area contributed by atoms with Gasteiger partial charge in [-0.25, -0.2) is 4.79 Å². The lowest BCUT2D eigenvalue weighted by atomic mass is 10.1. The van der Waals surface area contributed by atoms with Crippen LogP contribution in [0.25, 0.3) is 0 Å². The van der Waals surface area contributed by atoms with Crippen LogP contribution in [0, 0.1) is 5.88 Å². The number of thioether (sulfide) groups is 1. The first-order chi connectivity index (χ1) is 7.15. The number of carbonyl (C=O) groups is 2. The zero-order chi connectivity index (χ0) is 11.3. The zero-order valence-electron chi connectivity index (χ0n) is 8.73. The monoisotopic (exact) mass is 227 g/mol. The molecule has 4 nitrogen and oxygen atoms in total. The molecule has 0 saturated heterocycles. The molecule has 5 heteroatoms. The molecule has 1 aliphatic rings. The van der Waals surface area contributed by atoms with E-state index < -0.39 is 6.03 Å². The van der Waals surface area contributed by atoms with Gasteiger partial charge in [-0.1, -0.05) is 31.5 Å². The van der Waals surface area contributed by atoms with Crippen LogP contribution < -0.4 is 5.73 Å². The molecule has 0 aliphatic carbocycles. The number of Topliss-reactive ketones (excluding diaryl/α,β-unsaturated/α-hetero) is 1. The second kappa shape index (κ2) is 5.80. The Morgan fingerprint density at radius 1 is 1.47 bits per heavy atom. The highest BCUT2D eigenvalue weighted by Gasteiger charge is 2.21. The Hall–Kier alpha value is -0.970. The topological polar surface area (TPSA) is 63.4 Å². The number of ketones is 1. The molecule has 0 aromatic rings. The van der Waals surface area contributed by atoms with E-state index in [-0.39, 0.29) is 5.78 Å². The number of nitrogens with two attached hydrogens (primary N) is 1. The standard InChI is InChI=1S/C10H15N2O2S/c1-2-3-4-5-8(13)9-6-12(7-15-9)10(11)14/h6-7H,2-5H2,1H3,(H2,11,14). The minimum absolute atomic E-state index is 0.0912. The molecule has 83 valence electrons. The third-order valence-corrected chi connectivity index (χ3v) is 3.01. The molecule has 15 heavy (non-hydrogen) atoms. The minimum Gasteiger partial charge on any atom is -0.351 e. The third-order valence-electron chi connectivity index (χ3n) is 2.09. The molecule has 1 rings (SSSR count). The molecule has 0 unspecified atom stereocenters. The first-order valence-corrected chi connectivity index (χ1v) is 5.86. The lowest BCUT2D eigenvalue weighted by Crippen LogP contribution is -2.26. The van der Waals surface area contributed by atoms with Gasteiger partial charge >= 0.3 is 6.03 Å². The molecule has 0 aromatic carbocycles. The van der Waals surface area contributed by atoms with Gasteiger partial charge in [-0.05, 0) is 6.42 Å². The minimum atomic E-state index is -0.557. The average molecular weight is 227 g/mol. The smallest absolute Gasteiger partial charge is 0.319 e. The van der Waals surface area contributed by atoms with Crippen molar-refractivity contribution < 1.29 is 9.59 Å². The fourth-order valence-corrected chi connectivity index (χ4v) is 2.01. The first-order valence-electron chi connectivity index (χ1n) is 4.98. The number of amides is 2. The molecular weight excluding hydrogens is 212 g/mol. The fraction of sp³-hybridized carbons (Fsp3) is 0.500. The molecule has 0 fully saturated rings. The predicted octanol–water partition coefficient (Wildman–Crippen LogP) is 2.22. The summed E-state index contributed by atoms with van der Waals surface area (Å²) < 4.78 is 0. The summed E-state index contributed by atoms with van der Waals surface area (Å²) in [5.41, 5.74) is 5.07. The Labute approximate surface area is 93.9 Å². The maximum atomic E-state index is 11.6. The maximum absolute atomic E-state index is 11.6. The van der Waals surface area contributed by atoms with Gasteiger partial charge in [-0.3, -0.25) is 9.69 Å². The summed E-state index contributed by atoms with van der Waals surface area (Å²) in [6.45, 7) is 2.09. The lowest BCUT2D eigenvalue weighted by molar-refractivity contribution is -0.115. The molecule has 1 radical (unpaired) electrons. The fourth-order valence-electron chi connectivity index (χ4n) is 1.21. The summed E-state index contributed by atoms with van der Waals surface area (Å²) in [7, 11) is 0. The number of nitrogens with zero attached hydrogens (tertiary/aromatic N) is 1. The number of carbonyl (C=O) groups excluding carboxylic acids is 2. The molecule has 0 saturated carbocycles. The average Bonchev–Trinajstić information content (AvgIpc) is 2.66. The number of unbranched alkanes of at least 4 members (excludes halogenated alkanes) is 2. The maximum Gasteiger partial charge on any atom is 0.319 e. The second-order valence-corrected chi connectivity index (χ2v) is 4.23. The summed E-state index contributed by atoms with van der Waals surface area (Å²) in [4.78, 5) is 24.2. The molecule has 2 N–H and O–H groups in total. The third kappa shape index (κ3) is 3.58. The van der Waals surface area contributed by atoms with Crippen molar-refractivity contribution in [2.45, 2.75) is 32.6 Å². The van der Waals surface area contributed by atoms with Crippen LogP contribution in [-0.4, -0.2) is 16.7 Å². The highest BCUT2D eigenvalue weighted by molar-refractivity contribution is 8.06. The molecular formula is C10H15N2O2S. The van der Waals surface area contributed by atoms with Crippen molar-refractivity contribution in [1.82, 2.24) is 4.90 Å². The predicted molar refractivity (Wildman–Crippen MR) is 60.5 cm³/mol. The zero-order valence-corrected chi connectivity index (χ0v) is 9.55. The van der Waals surface area contributed by atoms with Crippen LogP contribution in [-0.2, 0) is 4.79 Å². The van der Waals surface area contributed by atoms with Gasteiger partial charge in [0.2, 0.25) is 0 Å². The molecule has 0 atom stereocenters. The van der Waals surface area contributed by atoms with Crippen molar-refractivity contribution in [3.63, 3.8) is 0 Å². The number of allylic oxidation sites excluding steroid dienone is 1. The van der Waals surface area contributed by atoms with Crippen molar-refractivity contribution in [2.75, 3.05) is 0 Å². The van der Waals surface area contributed by atoms with E-state index in [9.17, 15) is 9.59 Å². The van der Waals surface area contributed by atoms with Crippen LogP contribution in [0.2, 0.25) is 0 Å². The van der Waals surface area contributed by atoms with Crippen LogP contribution in [0.1, 0.15) is 32.6 Å². The first kappa shape index (κ1) is 12.1. The Kier molecular flexibility index (Phi) is 4.68. The van der Waals surface area contributed by atoms with E-state index in [1.54, 1.807) is 5.88 Å². The SMILES string of the molecule is CCCCCC(=O)C1=CN(C(N)=O)[CH]S1. The summed E-state index contributed by atoms with van der Waals surface area (Å²) in [5.74, 6) is 1.64. The summed E-state index contributed by atoms with van der Waals surface area (Å²) in [6, 6.07) is -0.557. The number of urea groups is 1. The number of primary amides is 1. The van der Waals surface area contributed by atoms with Crippen LogP contribution >= 0.6 is 11.8 Å². The van der Waals surface area contributed by atoms with E-state index in [0.717, 1.165) is 19.3 Å². The Morgan fingerprint density at radius 2 is 2.20 bits per heavy atom. The van der Waals surface area contributed by atoms with Crippen molar-refractivity contribution in [3.05, 3.63) is 17.0 Å². The highest BCUT2D eigenvalue weighted by Crippen LogP contribution is 2.30. The van der Waals surface area contributed by atoms with E-state index in [1.807, 2.05) is 0 Å². The van der Waals surface area contributed by atoms with Gasteiger partial charge in [0.05, 0.1) is 4.91 Å². The van der Waals surface area contributed by atoms with E-state index in [0.29, 0.717) is 11.3 Å².